The Morgan fingerprint density at radius 1 is 1.25 bits per heavy atom. The van der Waals surface area contributed by atoms with Gasteiger partial charge in [0, 0.05) is 10.8 Å². The van der Waals surface area contributed by atoms with Crippen molar-refractivity contribution in [1.29, 1.82) is 0 Å². The van der Waals surface area contributed by atoms with E-state index in [0.717, 1.165) is 22.4 Å². The van der Waals surface area contributed by atoms with Crippen LogP contribution in [-0.4, -0.2) is 16.6 Å². The van der Waals surface area contributed by atoms with E-state index in [9.17, 15) is 0 Å². The lowest BCUT2D eigenvalue weighted by Gasteiger charge is -2.14. The van der Waals surface area contributed by atoms with Crippen molar-refractivity contribution in [3.05, 3.63) is 47.6 Å². The maximum Gasteiger partial charge on any atom is 0.225 e. The van der Waals surface area contributed by atoms with Crippen molar-refractivity contribution in [3.8, 4) is 5.75 Å². The summed E-state index contributed by atoms with van der Waals surface area (Å²) in [6, 6.07) is 9.59. The summed E-state index contributed by atoms with van der Waals surface area (Å²) in [5.41, 5.74) is 1.03. The third-order valence-electron chi connectivity index (χ3n) is 4.35. The molecule has 3 aromatic rings. The summed E-state index contributed by atoms with van der Waals surface area (Å²) in [7, 11) is 0. The highest BCUT2D eigenvalue weighted by molar-refractivity contribution is 6.29. The summed E-state index contributed by atoms with van der Waals surface area (Å²) >= 11 is 6.12. The largest absolute Gasteiger partial charge is 0.491 e. The van der Waals surface area contributed by atoms with E-state index in [1.165, 1.54) is 12.8 Å². The molecule has 0 atom stereocenters. The molecule has 5 nitrogen and oxygen atoms in total. The summed E-state index contributed by atoms with van der Waals surface area (Å²) in [4.78, 5) is 8.68. The van der Waals surface area contributed by atoms with Crippen molar-refractivity contribution in [2.45, 2.75) is 26.3 Å². The zero-order chi connectivity index (χ0) is 16.6. The first-order valence-electron chi connectivity index (χ1n) is 7.98. The number of nitrogens with one attached hydrogen (secondary N) is 1. The van der Waals surface area contributed by atoms with Crippen molar-refractivity contribution in [1.82, 2.24) is 9.97 Å². The van der Waals surface area contributed by atoms with Crippen LogP contribution in [0.1, 0.15) is 25.5 Å². The third-order valence-corrected chi connectivity index (χ3v) is 4.52. The lowest BCUT2D eigenvalue weighted by Crippen LogP contribution is -2.09. The smallest absolute Gasteiger partial charge is 0.225 e. The lowest BCUT2D eigenvalue weighted by atomic mass is 10.1. The number of ether oxygens (including phenoxy) is 1. The summed E-state index contributed by atoms with van der Waals surface area (Å²) in [6.45, 7) is 3.46. The molecule has 1 fully saturated rings. The fourth-order valence-corrected chi connectivity index (χ4v) is 2.71. The monoisotopic (exact) mass is 343 g/mol. The van der Waals surface area contributed by atoms with Gasteiger partial charge in [0.2, 0.25) is 5.28 Å². The highest BCUT2D eigenvalue weighted by Crippen LogP contribution is 2.45. The van der Waals surface area contributed by atoms with E-state index in [1.54, 1.807) is 6.26 Å². The molecular formula is C18H18ClN3O2. The Hall–Kier alpha value is -2.27. The number of nitrogens with zero attached hydrogens (tertiary/aromatic N) is 2. The first-order chi connectivity index (χ1) is 11.6. The molecule has 1 N–H and O–H groups in total. The van der Waals surface area contributed by atoms with Crippen molar-refractivity contribution in [3.63, 3.8) is 0 Å². The molecule has 0 amide bonds. The molecule has 124 valence electrons. The van der Waals surface area contributed by atoms with Crippen LogP contribution in [0.25, 0.3) is 10.9 Å². The number of rotatable bonds is 6. The standard InChI is InChI=1S/C18H18ClN3O2/c1-18(7-8-18)11-24-14-6-2-5-13-15(14)21-17(19)22-16(13)20-10-12-4-3-9-23-12/h2-6,9H,7-8,10-11H2,1H3,(H,20,21,22). The Morgan fingerprint density at radius 2 is 2.12 bits per heavy atom. The minimum Gasteiger partial charge on any atom is -0.491 e. The van der Waals surface area contributed by atoms with Gasteiger partial charge in [-0.15, -0.1) is 0 Å². The van der Waals surface area contributed by atoms with E-state index in [1.807, 2.05) is 30.3 Å². The maximum absolute atomic E-state index is 6.12. The second-order valence-electron chi connectivity index (χ2n) is 6.53. The van der Waals surface area contributed by atoms with Crippen LogP contribution in [0.15, 0.2) is 41.0 Å². The van der Waals surface area contributed by atoms with Crippen LogP contribution >= 0.6 is 11.6 Å². The molecular weight excluding hydrogens is 326 g/mol. The molecule has 1 aliphatic carbocycles. The SMILES string of the molecule is CC1(COc2cccc3c(NCc4ccco4)nc(Cl)nc23)CC1. The topological polar surface area (TPSA) is 60.2 Å². The molecule has 2 aromatic heterocycles. The van der Waals surface area contributed by atoms with Crippen molar-refractivity contribution in [2.75, 3.05) is 11.9 Å². The number of halogens is 1. The Balaban J connectivity index is 1.64. The van der Waals surface area contributed by atoms with E-state index in [0.29, 0.717) is 24.4 Å². The van der Waals surface area contributed by atoms with Gasteiger partial charge in [-0.3, -0.25) is 0 Å². The number of furan rings is 1. The molecule has 1 aliphatic rings. The van der Waals surface area contributed by atoms with Crippen LogP contribution in [0.3, 0.4) is 0 Å². The molecule has 0 unspecified atom stereocenters. The quantitative estimate of drug-likeness (QED) is 0.659. The third kappa shape index (κ3) is 3.17. The van der Waals surface area contributed by atoms with Crippen LogP contribution in [0.2, 0.25) is 5.28 Å². The maximum atomic E-state index is 6.12. The van der Waals surface area contributed by atoms with Gasteiger partial charge in [0.15, 0.2) is 0 Å². The number of benzene rings is 1. The van der Waals surface area contributed by atoms with E-state index >= 15 is 0 Å². The van der Waals surface area contributed by atoms with Gasteiger partial charge in [-0.2, -0.15) is 0 Å². The zero-order valence-corrected chi connectivity index (χ0v) is 14.1. The first-order valence-corrected chi connectivity index (χ1v) is 8.36. The lowest BCUT2D eigenvalue weighted by molar-refractivity contribution is 0.250. The van der Waals surface area contributed by atoms with Crippen molar-refractivity contribution in [2.24, 2.45) is 5.41 Å². The predicted octanol–water partition coefficient (Wildman–Crippen LogP) is 4.67. The summed E-state index contributed by atoms with van der Waals surface area (Å²) < 4.78 is 11.4. The fourth-order valence-electron chi connectivity index (χ4n) is 2.54. The van der Waals surface area contributed by atoms with E-state index in [2.05, 4.69) is 22.2 Å². The molecule has 0 spiro atoms. The predicted molar refractivity (Wildman–Crippen MR) is 93.4 cm³/mol. The minimum atomic E-state index is 0.193. The Kier molecular flexibility index (Phi) is 3.81. The molecule has 6 heteroatoms. The van der Waals surface area contributed by atoms with Gasteiger partial charge in [0.05, 0.1) is 19.4 Å². The van der Waals surface area contributed by atoms with Crippen molar-refractivity contribution >= 4 is 28.3 Å². The number of hydrogen-bond donors (Lipinski definition) is 1. The van der Waals surface area contributed by atoms with Crippen LogP contribution < -0.4 is 10.1 Å². The number of aromatic nitrogens is 2. The summed E-state index contributed by atoms with van der Waals surface area (Å²) in [5, 5.41) is 4.33. The molecule has 24 heavy (non-hydrogen) atoms. The van der Waals surface area contributed by atoms with Gasteiger partial charge in [0.1, 0.15) is 22.8 Å². The van der Waals surface area contributed by atoms with Crippen molar-refractivity contribution < 1.29 is 9.15 Å². The van der Waals surface area contributed by atoms with Gasteiger partial charge >= 0.3 is 0 Å². The van der Waals surface area contributed by atoms with Gasteiger partial charge in [-0.1, -0.05) is 13.0 Å². The minimum absolute atomic E-state index is 0.193. The Bertz CT molecular complexity index is 860. The second-order valence-corrected chi connectivity index (χ2v) is 6.86. The van der Waals surface area contributed by atoms with E-state index in [4.69, 9.17) is 20.8 Å². The molecule has 0 bridgehead atoms. The summed E-state index contributed by atoms with van der Waals surface area (Å²) in [5.74, 6) is 2.24. The average Bonchev–Trinajstić information content (AvgIpc) is 3.09. The first kappa shape index (κ1) is 15.3. The van der Waals surface area contributed by atoms with Gasteiger partial charge in [-0.05, 0) is 48.7 Å². The highest BCUT2D eigenvalue weighted by Gasteiger charge is 2.38. The number of para-hydroxylation sites is 1. The number of hydrogen-bond acceptors (Lipinski definition) is 5. The zero-order valence-electron chi connectivity index (χ0n) is 13.4. The average molecular weight is 344 g/mol. The van der Waals surface area contributed by atoms with E-state index < -0.39 is 0 Å². The van der Waals surface area contributed by atoms with Gasteiger partial charge in [-0.25, -0.2) is 9.97 Å². The number of anilines is 1. The molecule has 1 saturated carbocycles. The van der Waals surface area contributed by atoms with Crippen LogP contribution in [0.4, 0.5) is 5.82 Å². The van der Waals surface area contributed by atoms with E-state index in [-0.39, 0.29) is 5.28 Å². The highest BCUT2D eigenvalue weighted by atomic mass is 35.5. The molecule has 0 radical (unpaired) electrons. The molecule has 1 aromatic carbocycles. The summed E-state index contributed by atoms with van der Waals surface area (Å²) in [6.07, 6.45) is 4.07. The Labute approximate surface area is 145 Å². The molecule has 4 rings (SSSR count). The number of fused-ring (bicyclic) bond motifs is 1. The normalized spacial score (nSPS) is 15.4. The molecule has 0 aliphatic heterocycles. The van der Waals surface area contributed by atoms with Crippen LogP contribution in [0, 0.1) is 5.41 Å². The Morgan fingerprint density at radius 3 is 2.88 bits per heavy atom. The molecule has 2 heterocycles. The van der Waals surface area contributed by atoms with Gasteiger partial charge in [0.25, 0.3) is 0 Å². The molecule has 0 saturated heterocycles. The second kappa shape index (κ2) is 5.98. The van der Waals surface area contributed by atoms with Crippen LogP contribution in [-0.2, 0) is 6.54 Å². The fraction of sp³-hybridized carbons (Fsp3) is 0.333. The van der Waals surface area contributed by atoms with Crippen LogP contribution in [0.5, 0.6) is 5.75 Å². The van der Waals surface area contributed by atoms with Gasteiger partial charge < -0.3 is 14.5 Å².